The summed E-state index contributed by atoms with van der Waals surface area (Å²) in [4.78, 5) is 12.7. The van der Waals surface area contributed by atoms with Gasteiger partial charge >= 0.3 is 5.97 Å². The minimum atomic E-state index is -0.589. The molecular weight excluding hydrogens is 330 g/mol. The molecule has 0 spiro atoms. The van der Waals surface area contributed by atoms with Crippen molar-refractivity contribution >= 4 is 5.97 Å². The predicted octanol–water partition coefficient (Wildman–Crippen LogP) is 1.84. The molecule has 1 aliphatic carbocycles. The molecule has 0 radical (unpaired) electrons. The number of aliphatic hydroxyl groups is 1. The molecule has 26 heavy (non-hydrogen) atoms. The first kappa shape index (κ1) is 16.7. The monoisotopic (exact) mass is 358 g/mol. The van der Waals surface area contributed by atoms with Gasteiger partial charge in [0.05, 0.1) is 20.2 Å². The van der Waals surface area contributed by atoms with Gasteiger partial charge in [-0.25, -0.2) is 0 Å². The molecule has 3 aliphatic heterocycles. The van der Waals surface area contributed by atoms with E-state index in [0.29, 0.717) is 24.3 Å². The molecule has 5 rings (SSSR count). The highest BCUT2D eigenvalue weighted by molar-refractivity contribution is 5.78. The van der Waals surface area contributed by atoms with Crippen molar-refractivity contribution < 1.29 is 23.9 Å². The zero-order valence-electron chi connectivity index (χ0n) is 15.3. The lowest BCUT2D eigenvalue weighted by Gasteiger charge is -2.48. The van der Waals surface area contributed by atoms with E-state index < -0.39 is 5.92 Å². The van der Waals surface area contributed by atoms with Gasteiger partial charge < -0.3 is 19.1 Å². The van der Waals surface area contributed by atoms with Gasteiger partial charge in [0.2, 0.25) is 0 Å². The number of aliphatic hydroxyl groups excluding tert-OH is 1. The first-order valence-corrected chi connectivity index (χ1v) is 9.97. The van der Waals surface area contributed by atoms with Crippen LogP contribution in [0.2, 0.25) is 0 Å². The molecule has 0 aromatic heterocycles. The fourth-order valence-corrected chi connectivity index (χ4v) is 5.53. The van der Waals surface area contributed by atoms with Crippen molar-refractivity contribution in [3.05, 3.63) is 35.9 Å². The van der Waals surface area contributed by atoms with E-state index in [2.05, 4.69) is 7.05 Å². The lowest BCUT2D eigenvalue weighted by molar-refractivity contribution is -0.957. The normalized spacial score (nSPS) is 41.4. The highest BCUT2D eigenvalue weighted by Gasteiger charge is 2.72. The fourth-order valence-electron chi connectivity index (χ4n) is 5.53. The SMILES string of the molecule is C[N+]1(CC2CC2)[C@@H]2CC(OC(=O)[C@@H](CO)c3ccccc3)C[C@H]1[C@H]1O[C@H]12. The van der Waals surface area contributed by atoms with Gasteiger partial charge in [0.25, 0.3) is 0 Å². The van der Waals surface area contributed by atoms with Crippen molar-refractivity contribution in [3.8, 4) is 0 Å². The topological polar surface area (TPSA) is 59.1 Å². The van der Waals surface area contributed by atoms with Gasteiger partial charge in [0.15, 0.2) is 0 Å². The lowest BCUT2D eigenvalue weighted by Crippen LogP contribution is -2.63. The van der Waals surface area contributed by atoms with Gasteiger partial charge in [0.1, 0.15) is 36.3 Å². The molecule has 2 unspecified atom stereocenters. The van der Waals surface area contributed by atoms with Crippen LogP contribution in [0.5, 0.6) is 0 Å². The third-order valence-corrected chi connectivity index (χ3v) is 7.14. The highest BCUT2D eigenvalue weighted by Crippen LogP contribution is 2.54. The second-order valence-corrected chi connectivity index (χ2v) is 8.85. The maximum Gasteiger partial charge on any atom is 0.316 e. The molecular formula is C21H28NO4+. The van der Waals surface area contributed by atoms with Crippen molar-refractivity contribution in [2.45, 2.75) is 62.0 Å². The molecule has 1 N–H and O–H groups in total. The van der Waals surface area contributed by atoms with Gasteiger partial charge in [0, 0.05) is 18.8 Å². The summed E-state index contributed by atoms with van der Waals surface area (Å²) in [6.45, 7) is 1.04. The number of esters is 1. The van der Waals surface area contributed by atoms with Crippen LogP contribution >= 0.6 is 0 Å². The molecule has 5 nitrogen and oxygen atoms in total. The number of carbonyl (C=O) groups is 1. The average molecular weight is 358 g/mol. The first-order chi connectivity index (χ1) is 12.6. The zero-order chi connectivity index (χ0) is 17.9. The number of fused-ring (bicyclic) bond motifs is 5. The van der Waals surface area contributed by atoms with Crippen LogP contribution in [0.3, 0.4) is 0 Å². The van der Waals surface area contributed by atoms with Crippen molar-refractivity contribution in [1.82, 2.24) is 0 Å². The van der Waals surface area contributed by atoms with E-state index in [4.69, 9.17) is 9.47 Å². The Morgan fingerprint density at radius 2 is 1.88 bits per heavy atom. The lowest BCUT2D eigenvalue weighted by atomic mass is 9.94. The Kier molecular flexibility index (Phi) is 3.89. The van der Waals surface area contributed by atoms with Crippen molar-refractivity contribution in [1.29, 1.82) is 0 Å². The van der Waals surface area contributed by atoms with Crippen LogP contribution in [0.1, 0.15) is 37.2 Å². The Labute approximate surface area is 154 Å². The largest absolute Gasteiger partial charge is 0.461 e. The van der Waals surface area contributed by atoms with Crippen LogP contribution < -0.4 is 0 Å². The Bertz CT molecular complexity index is 671. The van der Waals surface area contributed by atoms with Gasteiger partial charge in [-0.3, -0.25) is 4.79 Å². The van der Waals surface area contributed by atoms with E-state index in [-0.39, 0.29) is 18.7 Å². The molecule has 3 heterocycles. The number of hydrogen-bond acceptors (Lipinski definition) is 4. The predicted molar refractivity (Wildman–Crippen MR) is 95.4 cm³/mol. The van der Waals surface area contributed by atoms with E-state index in [0.717, 1.165) is 28.8 Å². The molecule has 2 bridgehead atoms. The first-order valence-electron chi connectivity index (χ1n) is 9.97. The van der Waals surface area contributed by atoms with Crippen molar-refractivity contribution in [2.24, 2.45) is 5.92 Å². The smallest absolute Gasteiger partial charge is 0.316 e. The third-order valence-electron chi connectivity index (χ3n) is 7.14. The summed E-state index contributed by atoms with van der Waals surface area (Å²) in [7, 11) is 2.39. The fraction of sp³-hybridized carbons (Fsp3) is 0.667. The Hall–Kier alpha value is -1.43. The van der Waals surface area contributed by atoms with Crippen LogP contribution in [0.4, 0.5) is 0 Å². The standard InChI is InChI=1S/C21H28NO4/c1-22(11-13-7-8-13)17-9-15(10-18(22)20-19(17)26-20)25-21(24)16(12-23)14-5-3-2-4-6-14/h2-6,13,15-20,23H,7-12H2,1H3/q+1/t15?,16-,17-,18+,19+,20-,22?/m0/s1. The maximum atomic E-state index is 12.7. The summed E-state index contributed by atoms with van der Waals surface area (Å²) in [5.74, 6) is 0.00309. The van der Waals surface area contributed by atoms with E-state index in [1.54, 1.807) is 0 Å². The second kappa shape index (κ2) is 6.04. The number of quaternary nitrogens is 1. The van der Waals surface area contributed by atoms with Crippen molar-refractivity contribution in [3.63, 3.8) is 0 Å². The van der Waals surface area contributed by atoms with Crippen molar-refractivity contribution in [2.75, 3.05) is 20.2 Å². The number of carbonyl (C=O) groups excluding carboxylic acids is 1. The minimum Gasteiger partial charge on any atom is -0.461 e. The van der Waals surface area contributed by atoms with E-state index in [9.17, 15) is 9.90 Å². The molecule has 1 aromatic rings. The summed E-state index contributed by atoms with van der Waals surface area (Å²) in [5, 5.41) is 9.71. The number of ether oxygens (including phenoxy) is 2. The van der Waals surface area contributed by atoms with Crippen LogP contribution in [0.25, 0.3) is 0 Å². The summed E-state index contributed by atoms with van der Waals surface area (Å²) < 4.78 is 12.9. The molecule has 4 fully saturated rings. The number of likely N-dealkylation sites (N-methyl/N-ethyl adjacent to an activating group) is 1. The van der Waals surface area contributed by atoms with Crippen LogP contribution in [-0.4, -0.2) is 66.2 Å². The maximum absolute atomic E-state index is 12.7. The molecule has 1 saturated carbocycles. The molecule has 1 aromatic carbocycles. The molecule has 140 valence electrons. The quantitative estimate of drug-likeness (QED) is 0.479. The second-order valence-electron chi connectivity index (χ2n) is 8.85. The third kappa shape index (κ3) is 2.68. The van der Waals surface area contributed by atoms with Gasteiger partial charge in [-0.15, -0.1) is 0 Å². The highest BCUT2D eigenvalue weighted by atomic mass is 16.6. The molecule has 3 saturated heterocycles. The number of morpholine rings is 1. The van der Waals surface area contributed by atoms with E-state index in [1.807, 2.05) is 30.3 Å². The van der Waals surface area contributed by atoms with Gasteiger partial charge in [-0.1, -0.05) is 30.3 Å². The van der Waals surface area contributed by atoms with Crippen LogP contribution in [-0.2, 0) is 14.3 Å². The minimum absolute atomic E-state index is 0.0444. The summed E-state index contributed by atoms with van der Waals surface area (Å²) in [6.07, 6.45) is 5.22. The summed E-state index contributed by atoms with van der Waals surface area (Å²) in [5.41, 5.74) is 0.819. The number of nitrogens with zero attached hydrogens (tertiary/aromatic N) is 1. The van der Waals surface area contributed by atoms with E-state index >= 15 is 0 Å². The van der Waals surface area contributed by atoms with Crippen LogP contribution in [0, 0.1) is 5.92 Å². The average Bonchev–Trinajstić information content (AvgIpc) is 3.51. The molecule has 0 amide bonds. The number of rotatable bonds is 6. The zero-order valence-corrected chi connectivity index (χ0v) is 15.3. The molecule has 7 atom stereocenters. The molecule has 5 heteroatoms. The number of epoxide rings is 1. The summed E-state index contributed by atoms with van der Waals surface area (Å²) >= 11 is 0. The molecule has 4 aliphatic rings. The van der Waals surface area contributed by atoms with Crippen LogP contribution in [0.15, 0.2) is 30.3 Å². The van der Waals surface area contributed by atoms with Gasteiger partial charge in [-0.2, -0.15) is 0 Å². The summed E-state index contributed by atoms with van der Waals surface area (Å²) in [6, 6.07) is 10.4. The van der Waals surface area contributed by atoms with Gasteiger partial charge in [-0.05, 0) is 18.4 Å². The van der Waals surface area contributed by atoms with E-state index in [1.165, 1.54) is 19.4 Å². The number of hydrogen-bond donors (Lipinski definition) is 1. The Morgan fingerprint density at radius 1 is 1.23 bits per heavy atom. The Balaban J connectivity index is 1.27. The number of piperidine rings is 1. The number of benzene rings is 1. The Morgan fingerprint density at radius 3 is 2.46 bits per heavy atom.